The summed E-state index contributed by atoms with van der Waals surface area (Å²) in [6.07, 6.45) is 0. The van der Waals surface area contributed by atoms with Gasteiger partial charge in [0.15, 0.2) is 0 Å². The zero-order valence-corrected chi connectivity index (χ0v) is 9.21. The molecule has 3 nitrogen and oxygen atoms in total. The van der Waals surface area contributed by atoms with E-state index in [1.165, 1.54) is 0 Å². The van der Waals surface area contributed by atoms with Gasteiger partial charge in [-0.3, -0.25) is 0 Å². The van der Waals surface area contributed by atoms with Crippen LogP contribution in [0.4, 0.5) is 0 Å². The van der Waals surface area contributed by atoms with Gasteiger partial charge >= 0.3 is 0 Å². The third-order valence-electron chi connectivity index (χ3n) is 1.63. The molecule has 0 aliphatic rings. The molecular weight excluding hydrogens is 194 g/mol. The molecule has 0 aliphatic carbocycles. The smallest absolute Gasteiger partial charge is 0.141 e. The van der Waals surface area contributed by atoms with Gasteiger partial charge in [-0.2, -0.15) is 5.26 Å². The van der Waals surface area contributed by atoms with Crippen LogP contribution in [-0.4, -0.2) is 36.3 Å². The Morgan fingerprint density at radius 1 is 1.50 bits per heavy atom. The first-order valence-electron chi connectivity index (χ1n) is 4.37. The van der Waals surface area contributed by atoms with Crippen molar-refractivity contribution in [3.05, 3.63) is 23.9 Å². The Morgan fingerprint density at radius 2 is 2.29 bits per heavy atom. The molecule has 0 aromatic carbocycles. The van der Waals surface area contributed by atoms with E-state index >= 15 is 0 Å². The highest BCUT2D eigenvalue weighted by Gasteiger charge is 1.98. The molecule has 0 spiro atoms. The first kappa shape index (κ1) is 11.0. The van der Waals surface area contributed by atoms with Crippen LogP contribution in [0, 0.1) is 11.3 Å². The molecular formula is C10H13N3S. The summed E-state index contributed by atoms with van der Waals surface area (Å²) in [5.41, 5.74) is 0.486. The molecule has 14 heavy (non-hydrogen) atoms. The maximum Gasteiger partial charge on any atom is 0.141 e. The third kappa shape index (κ3) is 3.77. The highest BCUT2D eigenvalue weighted by Crippen LogP contribution is 2.14. The van der Waals surface area contributed by atoms with Gasteiger partial charge in [-0.15, -0.1) is 11.8 Å². The molecule has 0 fully saturated rings. The minimum Gasteiger partial charge on any atom is -0.309 e. The minimum absolute atomic E-state index is 0.486. The van der Waals surface area contributed by atoms with Gasteiger partial charge in [0, 0.05) is 12.3 Å². The zero-order chi connectivity index (χ0) is 10.4. The summed E-state index contributed by atoms with van der Waals surface area (Å²) in [4.78, 5) is 6.30. The summed E-state index contributed by atoms with van der Waals surface area (Å²) in [6, 6.07) is 7.55. The van der Waals surface area contributed by atoms with Gasteiger partial charge in [-0.05, 0) is 26.2 Å². The number of aromatic nitrogens is 1. The molecule has 0 saturated heterocycles. The van der Waals surface area contributed by atoms with Gasteiger partial charge in [-0.1, -0.05) is 6.07 Å². The molecule has 1 aromatic heterocycles. The van der Waals surface area contributed by atoms with Crippen molar-refractivity contribution in [1.82, 2.24) is 9.88 Å². The first-order chi connectivity index (χ1) is 6.72. The van der Waals surface area contributed by atoms with E-state index in [1.807, 2.05) is 32.3 Å². The molecule has 0 amide bonds. The number of hydrogen-bond acceptors (Lipinski definition) is 4. The number of nitriles is 1. The number of rotatable bonds is 4. The van der Waals surface area contributed by atoms with Crippen LogP contribution in [0.3, 0.4) is 0 Å². The van der Waals surface area contributed by atoms with Gasteiger partial charge < -0.3 is 4.90 Å². The third-order valence-corrected chi connectivity index (χ3v) is 2.54. The van der Waals surface area contributed by atoms with Gasteiger partial charge in [0.25, 0.3) is 0 Å². The molecule has 0 bridgehead atoms. The minimum atomic E-state index is 0.486. The summed E-state index contributed by atoms with van der Waals surface area (Å²) in [5, 5.41) is 9.57. The van der Waals surface area contributed by atoms with E-state index in [4.69, 9.17) is 5.26 Å². The molecule has 1 heterocycles. The van der Waals surface area contributed by atoms with E-state index in [9.17, 15) is 0 Å². The normalized spacial score (nSPS) is 10.1. The van der Waals surface area contributed by atoms with E-state index in [0.717, 1.165) is 17.3 Å². The Morgan fingerprint density at radius 3 is 2.93 bits per heavy atom. The molecule has 1 aromatic rings. The average Bonchev–Trinajstić information content (AvgIpc) is 2.18. The van der Waals surface area contributed by atoms with Crippen molar-refractivity contribution in [3.8, 4) is 6.07 Å². The van der Waals surface area contributed by atoms with Crippen LogP contribution >= 0.6 is 11.8 Å². The Labute approximate surface area is 88.8 Å². The summed E-state index contributed by atoms with van der Waals surface area (Å²) in [5.74, 6) is 0.995. The molecule has 1 rings (SSSR count). The van der Waals surface area contributed by atoms with Crippen LogP contribution < -0.4 is 0 Å². The molecule has 0 unspecified atom stereocenters. The SMILES string of the molecule is CN(C)CCSc1cccc(C#N)n1. The van der Waals surface area contributed by atoms with Crippen molar-refractivity contribution in [2.75, 3.05) is 26.4 Å². The van der Waals surface area contributed by atoms with Crippen molar-refractivity contribution in [3.63, 3.8) is 0 Å². The van der Waals surface area contributed by atoms with Crippen molar-refractivity contribution >= 4 is 11.8 Å². The van der Waals surface area contributed by atoms with E-state index in [-0.39, 0.29) is 0 Å². The monoisotopic (exact) mass is 207 g/mol. The van der Waals surface area contributed by atoms with Gasteiger partial charge in [-0.25, -0.2) is 4.98 Å². The van der Waals surface area contributed by atoms with Crippen LogP contribution in [-0.2, 0) is 0 Å². The summed E-state index contributed by atoms with van der Waals surface area (Å²) < 4.78 is 0. The van der Waals surface area contributed by atoms with Crippen molar-refractivity contribution < 1.29 is 0 Å². The van der Waals surface area contributed by atoms with E-state index < -0.39 is 0 Å². The quantitative estimate of drug-likeness (QED) is 0.703. The van der Waals surface area contributed by atoms with E-state index in [1.54, 1.807) is 17.8 Å². The standard InChI is InChI=1S/C10H13N3S/c1-13(2)6-7-14-10-5-3-4-9(8-11)12-10/h3-5H,6-7H2,1-2H3. The second kappa shape index (κ2) is 5.63. The maximum absolute atomic E-state index is 8.65. The summed E-state index contributed by atoms with van der Waals surface area (Å²) in [7, 11) is 4.08. The highest BCUT2D eigenvalue weighted by molar-refractivity contribution is 7.99. The second-order valence-electron chi connectivity index (χ2n) is 3.12. The van der Waals surface area contributed by atoms with Crippen LogP contribution in [0.1, 0.15) is 5.69 Å². The predicted molar refractivity (Wildman–Crippen MR) is 58.2 cm³/mol. The molecule has 0 atom stereocenters. The summed E-state index contributed by atoms with van der Waals surface area (Å²) >= 11 is 1.67. The lowest BCUT2D eigenvalue weighted by atomic mass is 10.4. The second-order valence-corrected chi connectivity index (χ2v) is 4.24. The van der Waals surface area contributed by atoms with Crippen LogP contribution in [0.15, 0.2) is 23.2 Å². The van der Waals surface area contributed by atoms with Crippen LogP contribution in [0.5, 0.6) is 0 Å². The van der Waals surface area contributed by atoms with Crippen LogP contribution in [0.2, 0.25) is 0 Å². The summed E-state index contributed by atoms with van der Waals surface area (Å²) in [6.45, 7) is 1.02. The molecule has 74 valence electrons. The molecule has 0 radical (unpaired) electrons. The largest absolute Gasteiger partial charge is 0.309 e. The fourth-order valence-electron chi connectivity index (χ4n) is 0.890. The molecule has 0 N–H and O–H groups in total. The topological polar surface area (TPSA) is 39.9 Å². The lowest BCUT2D eigenvalue weighted by Crippen LogP contribution is -2.14. The van der Waals surface area contributed by atoms with Gasteiger partial charge in [0.1, 0.15) is 11.8 Å². The Kier molecular flexibility index (Phi) is 4.44. The van der Waals surface area contributed by atoms with Crippen molar-refractivity contribution in [2.45, 2.75) is 5.03 Å². The fourth-order valence-corrected chi connectivity index (χ4v) is 1.89. The Bertz CT molecular complexity index is 330. The fraction of sp³-hybridized carbons (Fsp3) is 0.400. The van der Waals surface area contributed by atoms with Crippen LogP contribution in [0.25, 0.3) is 0 Å². The van der Waals surface area contributed by atoms with Gasteiger partial charge in [0.05, 0.1) is 5.03 Å². The molecule has 0 saturated carbocycles. The lowest BCUT2D eigenvalue weighted by Gasteiger charge is -2.07. The van der Waals surface area contributed by atoms with E-state index in [2.05, 4.69) is 9.88 Å². The number of thioether (sulfide) groups is 1. The number of pyridine rings is 1. The lowest BCUT2D eigenvalue weighted by molar-refractivity contribution is 0.437. The molecule has 4 heteroatoms. The number of nitrogens with zero attached hydrogens (tertiary/aromatic N) is 3. The van der Waals surface area contributed by atoms with Gasteiger partial charge in [0.2, 0.25) is 0 Å². The highest BCUT2D eigenvalue weighted by atomic mass is 32.2. The zero-order valence-electron chi connectivity index (χ0n) is 8.40. The molecule has 0 aliphatic heterocycles. The Hall–Kier alpha value is -1.05. The van der Waals surface area contributed by atoms with Crippen molar-refractivity contribution in [1.29, 1.82) is 5.26 Å². The number of hydrogen-bond donors (Lipinski definition) is 0. The maximum atomic E-state index is 8.65. The average molecular weight is 207 g/mol. The Balaban J connectivity index is 2.47. The first-order valence-corrected chi connectivity index (χ1v) is 5.35. The van der Waals surface area contributed by atoms with E-state index in [0.29, 0.717) is 5.69 Å². The predicted octanol–water partition coefficient (Wildman–Crippen LogP) is 1.61. The van der Waals surface area contributed by atoms with Crippen molar-refractivity contribution in [2.24, 2.45) is 0 Å².